The molecule has 146 valence electrons. The number of methoxy groups -OCH3 is 2. The Kier molecular flexibility index (Phi) is 5.63. The monoisotopic (exact) mass is 381 g/mol. The van der Waals surface area contributed by atoms with E-state index >= 15 is 0 Å². The number of pyridine rings is 2. The second-order valence-electron chi connectivity index (χ2n) is 6.39. The van der Waals surface area contributed by atoms with Gasteiger partial charge in [0.05, 0.1) is 19.6 Å². The van der Waals surface area contributed by atoms with Gasteiger partial charge < -0.3 is 19.4 Å². The normalized spacial score (nSPS) is 10.7. The number of carbonyl (C=O) groups is 1. The van der Waals surface area contributed by atoms with Crippen LogP contribution in [0.1, 0.15) is 28.5 Å². The summed E-state index contributed by atoms with van der Waals surface area (Å²) in [4.78, 5) is 30.0. The first-order valence-electron chi connectivity index (χ1n) is 8.97. The molecule has 3 aromatic rings. The van der Waals surface area contributed by atoms with Gasteiger partial charge in [0, 0.05) is 31.0 Å². The Morgan fingerprint density at radius 1 is 1.14 bits per heavy atom. The van der Waals surface area contributed by atoms with E-state index in [9.17, 15) is 9.59 Å². The second kappa shape index (κ2) is 8.12. The minimum atomic E-state index is -0.434. The summed E-state index contributed by atoms with van der Waals surface area (Å²) >= 11 is 0. The van der Waals surface area contributed by atoms with Gasteiger partial charge >= 0.3 is 0 Å². The van der Waals surface area contributed by atoms with Crippen LogP contribution in [-0.4, -0.2) is 29.7 Å². The third-order valence-electron chi connectivity index (χ3n) is 4.51. The molecule has 28 heavy (non-hydrogen) atoms. The number of amides is 1. The molecular weight excluding hydrogens is 358 g/mol. The lowest BCUT2D eigenvalue weighted by Gasteiger charge is -2.12. The van der Waals surface area contributed by atoms with Crippen LogP contribution in [0.25, 0.3) is 11.0 Å². The molecule has 0 saturated carbocycles. The van der Waals surface area contributed by atoms with Crippen molar-refractivity contribution < 1.29 is 14.3 Å². The first-order valence-corrected chi connectivity index (χ1v) is 8.97. The van der Waals surface area contributed by atoms with Gasteiger partial charge in [-0.3, -0.25) is 9.59 Å². The zero-order valence-corrected chi connectivity index (χ0v) is 16.4. The third-order valence-corrected chi connectivity index (χ3v) is 4.51. The van der Waals surface area contributed by atoms with E-state index in [-0.39, 0.29) is 17.5 Å². The first-order chi connectivity index (χ1) is 13.5. The van der Waals surface area contributed by atoms with Gasteiger partial charge in [-0.2, -0.15) is 0 Å². The maximum absolute atomic E-state index is 12.8. The topological polar surface area (TPSA) is 82.5 Å². The Bertz CT molecular complexity index is 1070. The van der Waals surface area contributed by atoms with Crippen molar-refractivity contribution >= 4 is 16.9 Å². The zero-order chi connectivity index (χ0) is 20.3. The highest BCUT2D eigenvalue weighted by Gasteiger charge is 2.16. The largest absolute Gasteiger partial charge is 0.497 e. The number of aromatic nitrogens is 2. The van der Waals surface area contributed by atoms with Crippen molar-refractivity contribution in [3.8, 4) is 11.5 Å². The third kappa shape index (κ3) is 3.83. The van der Waals surface area contributed by atoms with E-state index in [4.69, 9.17) is 9.47 Å². The molecule has 3 rings (SSSR count). The van der Waals surface area contributed by atoms with Crippen molar-refractivity contribution in [2.24, 2.45) is 0 Å². The van der Waals surface area contributed by atoms with Gasteiger partial charge in [-0.1, -0.05) is 0 Å². The fraction of sp³-hybridized carbons (Fsp3) is 0.286. The van der Waals surface area contributed by atoms with E-state index in [1.807, 2.05) is 18.4 Å². The smallest absolute Gasteiger partial charge is 0.257 e. The zero-order valence-electron chi connectivity index (χ0n) is 16.4. The number of hydrogen-bond acceptors (Lipinski definition) is 5. The van der Waals surface area contributed by atoms with Crippen molar-refractivity contribution in [1.29, 1.82) is 0 Å². The molecule has 0 bridgehead atoms. The number of nitrogens with one attached hydrogen (secondary N) is 1. The van der Waals surface area contributed by atoms with Crippen LogP contribution >= 0.6 is 0 Å². The van der Waals surface area contributed by atoms with Crippen molar-refractivity contribution in [3.05, 3.63) is 63.6 Å². The molecular formula is C21H23N3O4. The molecule has 2 heterocycles. The number of benzene rings is 1. The fourth-order valence-electron chi connectivity index (χ4n) is 3.01. The van der Waals surface area contributed by atoms with Crippen LogP contribution in [0.5, 0.6) is 11.5 Å². The number of ether oxygens (including phenoxy) is 2. The quantitative estimate of drug-likeness (QED) is 0.710. The Morgan fingerprint density at radius 3 is 2.43 bits per heavy atom. The fourth-order valence-corrected chi connectivity index (χ4v) is 3.01. The summed E-state index contributed by atoms with van der Waals surface area (Å²) in [7, 11) is 3.13. The molecule has 1 N–H and O–H groups in total. The molecule has 7 nitrogen and oxygen atoms in total. The lowest BCUT2D eigenvalue weighted by atomic mass is 10.1. The van der Waals surface area contributed by atoms with Crippen molar-refractivity contribution in [3.63, 3.8) is 0 Å². The maximum atomic E-state index is 12.8. The summed E-state index contributed by atoms with van der Waals surface area (Å²) in [6, 6.07) is 8.85. The van der Waals surface area contributed by atoms with Crippen LogP contribution in [0.4, 0.5) is 0 Å². The van der Waals surface area contributed by atoms with Crippen LogP contribution in [-0.2, 0) is 13.1 Å². The number of rotatable bonds is 6. The van der Waals surface area contributed by atoms with E-state index in [0.717, 1.165) is 11.3 Å². The molecule has 7 heteroatoms. The average Bonchev–Trinajstić information content (AvgIpc) is 2.71. The minimum Gasteiger partial charge on any atom is -0.497 e. The molecule has 0 aliphatic rings. The Hall–Kier alpha value is -3.35. The number of hydrogen-bond donors (Lipinski definition) is 1. The summed E-state index contributed by atoms with van der Waals surface area (Å²) in [5.41, 5.74) is 1.97. The predicted molar refractivity (Wildman–Crippen MR) is 107 cm³/mol. The van der Waals surface area contributed by atoms with Crippen LogP contribution in [0.2, 0.25) is 0 Å². The Labute approximate surface area is 162 Å². The van der Waals surface area contributed by atoms with Gasteiger partial charge in [-0.25, -0.2) is 4.98 Å². The summed E-state index contributed by atoms with van der Waals surface area (Å²) in [6.07, 6.45) is 1.57. The summed E-state index contributed by atoms with van der Waals surface area (Å²) in [5.74, 6) is 0.824. The second-order valence-corrected chi connectivity index (χ2v) is 6.39. The average molecular weight is 381 g/mol. The minimum absolute atomic E-state index is 0.0925. The molecule has 0 fully saturated rings. The number of carbonyl (C=O) groups excluding carboxylic acids is 1. The molecule has 2 aromatic heterocycles. The number of nitrogens with zero attached hydrogens (tertiary/aromatic N) is 2. The molecule has 0 saturated heterocycles. The van der Waals surface area contributed by atoms with E-state index in [1.165, 1.54) is 0 Å². The SMILES string of the molecule is CCn1cc(C(=O)NCc2cc(OC)cc(OC)c2)c(=O)c2ccc(C)nc21. The lowest BCUT2D eigenvalue weighted by Crippen LogP contribution is -2.29. The first kappa shape index (κ1) is 19.4. The Balaban J connectivity index is 1.91. The predicted octanol–water partition coefficient (Wildman–Crippen LogP) is 2.67. The summed E-state index contributed by atoms with van der Waals surface area (Å²) < 4.78 is 12.3. The van der Waals surface area contributed by atoms with E-state index in [2.05, 4.69) is 10.3 Å². The highest BCUT2D eigenvalue weighted by Crippen LogP contribution is 2.22. The molecule has 0 atom stereocenters. The summed E-state index contributed by atoms with van der Waals surface area (Å²) in [5, 5.41) is 3.24. The molecule has 0 unspecified atom stereocenters. The lowest BCUT2D eigenvalue weighted by molar-refractivity contribution is 0.0949. The Morgan fingerprint density at radius 2 is 1.82 bits per heavy atom. The maximum Gasteiger partial charge on any atom is 0.257 e. The van der Waals surface area contributed by atoms with Crippen molar-refractivity contribution in [2.75, 3.05) is 14.2 Å². The molecule has 0 aliphatic heterocycles. The van der Waals surface area contributed by atoms with Crippen LogP contribution in [0.15, 0.2) is 41.3 Å². The van der Waals surface area contributed by atoms with E-state index in [1.54, 1.807) is 50.7 Å². The number of aryl methyl sites for hydroxylation is 2. The molecule has 1 amide bonds. The van der Waals surface area contributed by atoms with Crippen LogP contribution < -0.4 is 20.2 Å². The highest BCUT2D eigenvalue weighted by atomic mass is 16.5. The molecule has 0 spiro atoms. The van der Waals surface area contributed by atoms with Crippen molar-refractivity contribution in [2.45, 2.75) is 26.9 Å². The standard InChI is InChI=1S/C21H23N3O4/c1-5-24-12-18(19(25)17-7-6-13(2)23-20(17)24)21(26)22-11-14-8-15(27-3)10-16(9-14)28-4/h6-10,12H,5,11H2,1-4H3,(H,22,26). The summed E-state index contributed by atoms with van der Waals surface area (Å²) in [6.45, 7) is 4.65. The van der Waals surface area contributed by atoms with Gasteiger partial charge in [0.1, 0.15) is 22.7 Å². The van der Waals surface area contributed by atoms with Gasteiger partial charge in [-0.05, 0) is 43.7 Å². The van der Waals surface area contributed by atoms with E-state index in [0.29, 0.717) is 29.1 Å². The van der Waals surface area contributed by atoms with Gasteiger partial charge in [0.2, 0.25) is 5.43 Å². The van der Waals surface area contributed by atoms with Gasteiger partial charge in [-0.15, -0.1) is 0 Å². The highest BCUT2D eigenvalue weighted by molar-refractivity contribution is 5.96. The van der Waals surface area contributed by atoms with Crippen molar-refractivity contribution in [1.82, 2.24) is 14.9 Å². The molecule has 1 aromatic carbocycles. The van der Waals surface area contributed by atoms with Crippen LogP contribution in [0.3, 0.4) is 0 Å². The van der Waals surface area contributed by atoms with Gasteiger partial charge in [0.25, 0.3) is 5.91 Å². The number of fused-ring (bicyclic) bond motifs is 1. The van der Waals surface area contributed by atoms with Gasteiger partial charge in [0.15, 0.2) is 0 Å². The molecule has 0 radical (unpaired) electrons. The van der Waals surface area contributed by atoms with E-state index < -0.39 is 5.91 Å². The van der Waals surface area contributed by atoms with Crippen LogP contribution in [0, 0.1) is 6.92 Å². The molecule has 0 aliphatic carbocycles.